The van der Waals surface area contributed by atoms with E-state index in [1.165, 1.54) is 18.2 Å². The average Bonchev–Trinajstić information content (AvgIpc) is 3.66. The Morgan fingerprint density at radius 1 is 1.08 bits per heavy atom. The van der Waals surface area contributed by atoms with Crippen LogP contribution in [0.1, 0.15) is 18.4 Å². The second-order valence-electron chi connectivity index (χ2n) is 9.35. The summed E-state index contributed by atoms with van der Waals surface area (Å²) in [6.07, 6.45) is -5.22. The normalized spacial score (nSPS) is 18.2. The van der Waals surface area contributed by atoms with Crippen LogP contribution in [0.5, 0.6) is 5.75 Å². The Kier molecular flexibility index (Phi) is 6.54. The van der Waals surface area contributed by atoms with Crippen molar-refractivity contribution in [3.8, 4) is 16.9 Å². The molecule has 0 aromatic heterocycles. The van der Waals surface area contributed by atoms with Crippen LogP contribution in [-0.2, 0) is 21.0 Å². The molecule has 1 aliphatic carbocycles. The second-order valence-corrected chi connectivity index (χ2v) is 11.2. The van der Waals surface area contributed by atoms with E-state index in [0.717, 1.165) is 40.7 Å². The van der Waals surface area contributed by atoms with Crippen molar-refractivity contribution >= 4 is 21.6 Å². The molecule has 3 aromatic carbocycles. The second kappa shape index (κ2) is 9.49. The van der Waals surface area contributed by atoms with Crippen LogP contribution in [0, 0.1) is 11.6 Å². The molecule has 0 spiro atoms. The van der Waals surface area contributed by atoms with E-state index in [-0.39, 0.29) is 42.0 Å². The van der Waals surface area contributed by atoms with Crippen LogP contribution in [-0.4, -0.2) is 44.2 Å². The molecule has 2 N–H and O–H groups in total. The Morgan fingerprint density at radius 2 is 1.82 bits per heavy atom. The summed E-state index contributed by atoms with van der Waals surface area (Å²) in [6.45, 7) is -0.644. The summed E-state index contributed by atoms with van der Waals surface area (Å²) >= 11 is 0. The van der Waals surface area contributed by atoms with Crippen molar-refractivity contribution in [1.82, 2.24) is 5.32 Å². The Morgan fingerprint density at radius 3 is 2.51 bits per heavy atom. The molecule has 1 fully saturated rings. The zero-order chi connectivity index (χ0) is 28.2. The van der Waals surface area contributed by atoms with E-state index in [1.54, 1.807) is 0 Å². The Labute approximate surface area is 219 Å². The summed E-state index contributed by atoms with van der Waals surface area (Å²) in [5, 5.41) is 12.5. The molecule has 39 heavy (non-hydrogen) atoms. The molecule has 0 bridgehead atoms. The van der Waals surface area contributed by atoms with E-state index >= 15 is 0 Å². The smallest absolute Gasteiger partial charge is 0.416 e. The molecule has 5 rings (SSSR count). The minimum Gasteiger partial charge on any atom is -0.484 e. The molecule has 3 aromatic rings. The van der Waals surface area contributed by atoms with E-state index in [4.69, 9.17) is 4.74 Å². The standard InChI is InChI=1S/C26H21F5N2O5S/c27-17-5-6-21(28)20(12-17)15-4-7-23-22(10-15)33(14-18(38-23)13-32-24(34)25(35)8-9-25)39(36,37)19-3-1-2-16(11-19)26(29,30)31/h1-7,10-12,18,35H,8-9,13-14H2,(H,32,34)/t18-/m0/s1. The first-order valence-corrected chi connectivity index (χ1v) is 13.2. The van der Waals surface area contributed by atoms with Gasteiger partial charge in [0.25, 0.3) is 15.9 Å². The Bertz CT molecular complexity index is 1560. The van der Waals surface area contributed by atoms with Gasteiger partial charge in [0, 0.05) is 5.56 Å². The first-order valence-electron chi connectivity index (χ1n) is 11.7. The van der Waals surface area contributed by atoms with Gasteiger partial charge in [-0.25, -0.2) is 17.2 Å². The fraction of sp³-hybridized carbons (Fsp3) is 0.269. The van der Waals surface area contributed by atoms with Crippen LogP contribution < -0.4 is 14.4 Å². The molecule has 0 unspecified atom stereocenters. The number of nitrogens with zero attached hydrogens (tertiary/aromatic N) is 1. The number of rotatable bonds is 6. The molecule has 0 radical (unpaired) electrons. The third-order valence-corrected chi connectivity index (χ3v) is 8.29. The molecular formula is C26H21F5N2O5S. The van der Waals surface area contributed by atoms with Gasteiger partial charge in [0.15, 0.2) is 0 Å². The number of carbonyl (C=O) groups is 1. The largest absolute Gasteiger partial charge is 0.484 e. The number of ether oxygens (including phenoxy) is 1. The number of halogens is 5. The van der Waals surface area contributed by atoms with Crippen LogP contribution in [0.4, 0.5) is 27.6 Å². The van der Waals surface area contributed by atoms with Crippen molar-refractivity contribution in [2.24, 2.45) is 0 Å². The molecule has 0 saturated heterocycles. The van der Waals surface area contributed by atoms with Crippen molar-refractivity contribution in [3.63, 3.8) is 0 Å². The van der Waals surface area contributed by atoms with E-state index in [1.807, 2.05) is 0 Å². The van der Waals surface area contributed by atoms with Gasteiger partial charge in [-0.15, -0.1) is 0 Å². The SMILES string of the molecule is O=C(NC[C@H]1CN(S(=O)(=O)c2cccc(C(F)(F)F)c2)c2cc(-c3cc(F)ccc3F)ccc2O1)C1(O)CC1. The van der Waals surface area contributed by atoms with E-state index < -0.39 is 62.4 Å². The Balaban J connectivity index is 1.56. The lowest BCUT2D eigenvalue weighted by Gasteiger charge is -2.36. The van der Waals surface area contributed by atoms with Crippen LogP contribution in [0.25, 0.3) is 11.1 Å². The van der Waals surface area contributed by atoms with Crippen LogP contribution in [0.15, 0.2) is 65.6 Å². The predicted molar refractivity (Wildman–Crippen MR) is 129 cm³/mol. The lowest BCUT2D eigenvalue weighted by atomic mass is 10.0. The topological polar surface area (TPSA) is 95.9 Å². The fourth-order valence-corrected chi connectivity index (χ4v) is 5.75. The molecule has 1 saturated carbocycles. The highest BCUT2D eigenvalue weighted by molar-refractivity contribution is 7.92. The lowest BCUT2D eigenvalue weighted by Crippen LogP contribution is -2.50. The van der Waals surface area contributed by atoms with Gasteiger partial charge in [0.05, 0.1) is 29.2 Å². The third-order valence-electron chi connectivity index (χ3n) is 6.52. The van der Waals surface area contributed by atoms with Crippen LogP contribution in [0.3, 0.4) is 0 Å². The number of sulfonamides is 1. The number of anilines is 1. The average molecular weight is 569 g/mol. The number of amides is 1. The maximum Gasteiger partial charge on any atom is 0.416 e. The van der Waals surface area contributed by atoms with Gasteiger partial charge in [0.1, 0.15) is 29.1 Å². The summed E-state index contributed by atoms with van der Waals surface area (Å²) in [4.78, 5) is 11.5. The molecule has 1 heterocycles. The van der Waals surface area contributed by atoms with Crippen molar-refractivity contribution in [2.75, 3.05) is 17.4 Å². The summed E-state index contributed by atoms with van der Waals surface area (Å²) in [5.74, 6) is -2.18. The zero-order valence-electron chi connectivity index (χ0n) is 20.0. The minimum absolute atomic E-state index is 0.0123. The highest BCUT2D eigenvalue weighted by Crippen LogP contribution is 2.41. The molecular weight excluding hydrogens is 547 g/mol. The maximum absolute atomic E-state index is 14.5. The Hall–Kier alpha value is -3.71. The number of hydrogen-bond acceptors (Lipinski definition) is 5. The number of carbonyl (C=O) groups excluding carboxylic acids is 1. The highest BCUT2D eigenvalue weighted by atomic mass is 32.2. The summed E-state index contributed by atoms with van der Waals surface area (Å²) in [5.41, 5.74) is -2.84. The molecule has 206 valence electrons. The zero-order valence-corrected chi connectivity index (χ0v) is 20.8. The number of aliphatic hydroxyl groups is 1. The highest BCUT2D eigenvalue weighted by Gasteiger charge is 2.48. The van der Waals surface area contributed by atoms with Gasteiger partial charge < -0.3 is 15.2 Å². The summed E-state index contributed by atoms with van der Waals surface area (Å²) in [6, 6.07) is 9.89. The number of fused-ring (bicyclic) bond motifs is 1. The molecule has 13 heteroatoms. The lowest BCUT2D eigenvalue weighted by molar-refractivity contribution is -0.137. The first-order chi connectivity index (χ1) is 18.3. The van der Waals surface area contributed by atoms with Crippen molar-refractivity contribution in [3.05, 3.63) is 77.9 Å². The molecule has 1 aliphatic heterocycles. The van der Waals surface area contributed by atoms with Gasteiger partial charge in [-0.1, -0.05) is 12.1 Å². The van der Waals surface area contributed by atoms with Crippen molar-refractivity contribution < 1.29 is 45.0 Å². The summed E-state index contributed by atoms with van der Waals surface area (Å²) in [7, 11) is -4.64. The number of hydrogen-bond donors (Lipinski definition) is 2. The molecule has 2 aliphatic rings. The van der Waals surface area contributed by atoms with Gasteiger partial charge >= 0.3 is 6.18 Å². The van der Waals surface area contributed by atoms with Crippen molar-refractivity contribution in [2.45, 2.75) is 35.6 Å². The number of benzene rings is 3. The van der Waals surface area contributed by atoms with Gasteiger partial charge in [-0.2, -0.15) is 13.2 Å². The van der Waals surface area contributed by atoms with Crippen molar-refractivity contribution in [1.29, 1.82) is 0 Å². The monoisotopic (exact) mass is 568 g/mol. The van der Waals surface area contributed by atoms with E-state index in [0.29, 0.717) is 6.07 Å². The van der Waals surface area contributed by atoms with Crippen LogP contribution >= 0.6 is 0 Å². The number of alkyl halides is 3. The molecule has 7 nitrogen and oxygen atoms in total. The quantitative estimate of drug-likeness (QED) is 0.434. The minimum atomic E-state index is -4.80. The molecule has 1 amide bonds. The predicted octanol–water partition coefficient (Wildman–Crippen LogP) is 4.25. The maximum atomic E-state index is 14.5. The van der Waals surface area contributed by atoms with Gasteiger partial charge in [0.2, 0.25) is 0 Å². The molecule has 1 atom stereocenters. The van der Waals surface area contributed by atoms with Gasteiger partial charge in [-0.05, 0) is 66.9 Å². The fourth-order valence-electron chi connectivity index (χ4n) is 4.21. The first kappa shape index (κ1) is 26.9. The number of nitrogens with one attached hydrogen (secondary N) is 1. The third kappa shape index (κ3) is 5.28. The van der Waals surface area contributed by atoms with Gasteiger partial charge in [-0.3, -0.25) is 9.10 Å². The summed E-state index contributed by atoms with van der Waals surface area (Å²) < 4.78 is 102. The van der Waals surface area contributed by atoms with E-state index in [9.17, 15) is 40.3 Å². The van der Waals surface area contributed by atoms with Crippen LogP contribution in [0.2, 0.25) is 0 Å². The van der Waals surface area contributed by atoms with E-state index in [2.05, 4.69) is 5.32 Å².